The highest BCUT2D eigenvalue weighted by Crippen LogP contribution is 2.15. The molecule has 2 heterocycles. The van der Waals surface area contributed by atoms with E-state index in [2.05, 4.69) is 43.3 Å². The van der Waals surface area contributed by atoms with Crippen LogP contribution in [0.25, 0.3) is 0 Å². The summed E-state index contributed by atoms with van der Waals surface area (Å²) in [6, 6.07) is 4.36. The van der Waals surface area contributed by atoms with Crippen LogP contribution in [0.5, 0.6) is 0 Å². The molecule has 0 saturated carbocycles. The zero-order valence-electron chi connectivity index (χ0n) is 10.9. The van der Waals surface area contributed by atoms with Crippen molar-refractivity contribution in [1.82, 2.24) is 15.1 Å². The van der Waals surface area contributed by atoms with Gasteiger partial charge in [-0.1, -0.05) is 0 Å². The van der Waals surface area contributed by atoms with E-state index in [4.69, 9.17) is 0 Å². The predicted molar refractivity (Wildman–Crippen MR) is 72.3 cm³/mol. The highest BCUT2D eigenvalue weighted by molar-refractivity contribution is 7.11. The molecule has 0 aliphatic heterocycles. The van der Waals surface area contributed by atoms with Gasteiger partial charge in [-0.25, -0.2) is 0 Å². The van der Waals surface area contributed by atoms with E-state index in [-0.39, 0.29) is 0 Å². The summed E-state index contributed by atoms with van der Waals surface area (Å²) in [5.74, 6) is 0. The van der Waals surface area contributed by atoms with Gasteiger partial charge in [0, 0.05) is 41.1 Å². The third-order valence-corrected chi connectivity index (χ3v) is 4.06. The maximum atomic E-state index is 4.42. The van der Waals surface area contributed by atoms with E-state index in [9.17, 15) is 0 Å². The minimum atomic E-state index is 0.891. The van der Waals surface area contributed by atoms with Gasteiger partial charge in [-0.3, -0.25) is 4.68 Å². The molecule has 0 radical (unpaired) electrons. The lowest BCUT2D eigenvalue weighted by atomic mass is 10.2. The quantitative estimate of drug-likeness (QED) is 0.903. The van der Waals surface area contributed by atoms with Crippen molar-refractivity contribution in [2.45, 2.75) is 33.9 Å². The lowest BCUT2D eigenvalue weighted by Gasteiger charge is -2.04. The second-order valence-electron chi connectivity index (χ2n) is 4.39. The normalized spacial score (nSPS) is 11.1. The van der Waals surface area contributed by atoms with Crippen LogP contribution in [0.1, 0.15) is 26.7 Å². The zero-order valence-corrected chi connectivity index (χ0v) is 11.7. The van der Waals surface area contributed by atoms with Gasteiger partial charge in [0.2, 0.25) is 0 Å². The molecule has 0 fully saturated rings. The molecular weight excluding hydrogens is 230 g/mol. The third-order valence-electron chi connectivity index (χ3n) is 3.06. The van der Waals surface area contributed by atoms with Crippen LogP contribution in [0.15, 0.2) is 12.1 Å². The summed E-state index contributed by atoms with van der Waals surface area (Å²) >= 11 is 1.85. The monoisotopic (exact) mass is 249 g/mol. The number of hydrogen-bond acceptors (Lipinski definition) is 3. The molecule has 0 saturated heterocycles. The molecule has 0 aliphatic carbocycles. The van der Waals surface area contributed by atoms with Crippen molar-refractivity contribution in [3.8, 4) is 0 Å². The molecule has 92 valence electrons. The van der Waals surface area contributed by atoms with E-state index in [0.717, 1.165) is 18.8 Å². The van der Waals surface area contributed by atoms with Gasteiger partial charge >= 0.3 is 0 Å². The first-order valence-corrected chi connectivity index (χ1v) is 6.64. The van der Waals surface area contributed by atoms with E-state index in [1.807, 2.05) is 23.1 Å². The third kappa shape index (κ3) is 2.76. The van der Waals surface area contributed by atoms with Crippen LogP contribution in [-0.4, -0.2) is 9.78 Å². The Hall–Kier alpha value is -1.13. The van der Waals surface area contributed by atoms with Crippen molar-refractivity contribution >= 4 is 11.3 Å². The Bertz CT molecular complexity index is 511. The minimum Gasteiger partial charge on any atom is -0.308 e. The summed E-state index contributed by atoms with van der Waals surface area (Å²) in [7, 11) is 1.99. The molecule has 2 rings (SSSR count). The Labute approximate surface area is 106 Å². The highest BCUT2D eigenvalue weighted by atomic mass is 32.1. The van der Waals surface area contributed by atoms with Gasteiger partial charge in [-0.15, -0.1) is 11.3 Å². The van der Waals surface area contributed by atoms with Crippen LogP contribution in [0.3, 0.4) is 0 Å². The molecule has 1 N–H and O–H groups in total. The summed E-state index contributed by atoms with van der Waals surface area (Å²) < 4.78 is 1.95. The molecule has 17 heavy (non-hydrogen) atoms. The Morgan fingerprint density at radius 3 is 2.53 bits per heavy atom. The maximum absolute atomic E-state index is 4.42. The first kappa shape index (κ1) is 12.3. The van der Waals surface area contributed by atoms with E-state index in [0.29, 0.717) is 0 Å². The number of aromatic nitrogens is 2. The van der Waals surface area contributed by atoms with Crippen molar-refractivity contribution < 1.29 is 0 Å². The van der Waals surface area contributed by atoms with Gasteiger partial charge in [0.05, 0.1) is 5.69 Å². The average Bonchev–Trinajstić information content (AvgIpc) is 2.78. The molecule has 0 aliphatic rings. The lowest BCUT2D eigenvalue weighted by molar-refractivity contribution is 0.690. The smallest absolute Gasteiger partial charge is 0.0641 e. The molecule has 0 bridgehead atoms. The van der Waals surface area contributed by atoms with Gasteiger partial charge in [-0.2, -0.15) is 5.10 Å². The van der Waals surface area contributed by atoms with Crippen LogP contribution < -0.4 is 5.32 Å². The van der Waals surface area contributed by atoms with Gasteiger partial charge in [-0.05, 0) is 32.9 Å². The molecule has 0 atom stereocenters. The summed E-state index contributed by atoms with van der Waals surface area (Å²) in [6.45, 7) is 8.16. The van der Waals surface area contributed by atoms with Crippen molar-refractivity contribution in [3.63, 3.8) is 0 Å². The van der Waals surface area contributed by atoms with Crippen molar-refractivity contribution in [1.29, 1.82) is 0 Å². The highest BCUT2D eigenvalue weighted by Gasteiger charge is 2.08. The largest absolute Gasteiger partial charge is 0.308 e. The van der Waals surface area contributed by atoms with Gasteiger partial charge in [0.25, 0.3) is 0 Å². The second-order valence-corrected chi connectivity index (χ2v) is 5.76. The zero-order chi connectivity index (χ0) is 12.4. The van der Waals surface area contributed by atoms with Gasteiger partial charge in [0.15, 0.2) is 0 Å². The molecule has 0 aromatic carbocycles. The Morgan fingerprint density at radius 1 is 1.24 bits per heavy atom. The number of hydrogen-bond donors (Lipinski definition) is 1. The van der Waals surface area contributed by atoms with Gasteiger partial charge < -0.3 is 5.32 Å². The standard InChI is InChI=1S/C13H19N3S/c1-9-5-6-12(17-9)7-14-8-13-10(2)15-16(4)11(13)3/h5-6,14H,7-8H2,1-4H3. The van der Waals surface area contributed by atoms with E-state index in [1.165, 1.54) is 21.0 Å². The first-order valence-electron chi connectivity index (χ1n) is 5.83. The molecule has 2 aromatic rings. The fourth-order valence-corrected chi connectivity index (χ4v) is 2.82. The number of rotatable bonds is 4. The molecule has 0 unspecified atom stereocenters. The molecule has 0 amide bonds. The number of nitrogens with zero attached hydrogens (tertiary/aromatic N) is 2. The van der Waals surface area contributed by atoms with Crippen LogP contribution >= 0.6 is 11.3 Å². The first-order chi connectivity index (χ1) is 8.08. The van der Waals surface area contributed by atoms with Crippen LogP contribution in [0.4, 0.5) is 0 Å². The van der Waals surface area contributed by atoms with Crippen LogP contribution in [0.2, 0.25) is 0 Å². The van der Waals surface area contributed by atoms with Crippen LogP contribution in [-0.2, 0) is 20.1 Å². The summed E-state index contributed by atoms with van der Waals surface area (Å²) in [6.07, 6.45) is 0. The SMILES string of the molecule is Cc1ccc(CNCc2c(C)nn(C)c2C)s1. The molecule has 3 nitrogen and oxygen atoms in total. The average molecular weight is 249 g/mol. The maximum Gasteiger partial charge on any atom is 0.0641 e. The number of aryl methyl sites for hydroxylation is 3. The number of nitrogens with one attached hydrogen (secondary N) is 1. The summed E-state index contributed by atoms with van der Waals surface area (Å²) in [5.41, 5.74) is 3.69. The summed E-state index contributed by atoms with van der Waals surface area (Å²) in [5, 5.41) is 7.90. The van der Waals surface area contributed by atoms with Crippen molar-refractivity contribution in [2.24, 2.45) is 7.05 Å². The van der Waals surface area contributed by atoms with E-state index < -0.39 is 0 Å². The van der Waals surface area contributed by atoms with Gasteiger partial charge in [0.1, 0.15) is 0 Å². The van der Waals surface area contributed by atoms with Crippen molar-refractivity contribution in [3.05, 3.63) is 38.8 Å². The topological polar surface area (TPSA) is 29.9 Å². The fourth-order valence-electron chi connectivity index (χ4n) is 1.96. The summed E-state index contributed by atoms with van der Waals surface area (Å²) in [4.78, 5) is 2.76. The minimum absolute atomic E-state index is 0.891. The van der Waals surface area contributed by atoms with E-state index >= 15 is 0 Å². The molecule has 2 aromatic heterocycles. The fraction of sp³-hybridized carbons (Fsp3) is 0.462. The molecule has 0 spiro atoms. The van der Waals surface area contributed by atoms with Crippen LogP contribution in [0, 0.1) is 20.8 Å². The predicted octanol–water partition coefficient (Wildman–Crippen LogP) is 2.70. The lowest BCUT2D eigenvalue weighted by Crippen LogP contribution is -2.13. The second kappa shape index (κ2) is 5.02. The number of thiophene rings is 1. The molecular formula is C13H19N3S. The Kier molecular flexibility index (Phi) is 3.64. The van der Waals surface area contributed by atoms with E-state index in [1.54, 1.807) is 0 Å². The molecule has 4 heteroatoms. The Morgan fingerprint density at radius 2 is 2.00 bits per heavy atom. The van der Waals surface area contributed by atoms with Crippen molar-refractivity contribution in [2.75, 3.05) is 0 Å². The Balaban J connectivity index is 1.94.